The Morgan fingerprint density at radius 2 is 1.85 bits per heavy atom. The Labute approximate surface area is 187 Å². The predicted molar refractivity (Wildman–Crippen MR) is 112 cm³/mol. The molecule has 0 aliphatic carbocycles. The second-order valence-corrected chi connectivity index (χ2v) is 9.01. The molecule has 0 saturated carbocycles. The van der Waals surface area contributed by atoms with Crippen LogP contribution in [0.4, 0.5) is 0 Å². The quantitative estimate of drug-likeness (QED) is 0.371. The molecule has 1 heterocycles. The van der Waals surface area contributed by atoms with Gasteiger partial charge < -0.3 is 30.6 Å². The first-order chi connectivity index (χ1) is 12.2. The third-order valence-corrected chi connectivity index (χ3v) is 5.46. The van der Waals surface area contributed by atoms with Crippen LogP contribution in [0.2, 0.25) is 5.02 Å². The van der Waals surface area contributed by atoms with Gasteiger partial charge in [0, 0.05) is 0 Å². The van der Waals surface area contributed by atoms with Crippen LogP contribution in [0.25, 0.3) is 0 Å². The number of rotatable bonds is 9. The number of hydrogen-bond donors (Lipinski definition) is 0. The Bertz CT molecular complexity index is 729. The summed E-state index contributed by atoms with van der Waals surface area (Å²) in [6.45, 7) is 9.00. The summed E-state index contributed by atoms with van der Waals surface area (Å²) in [7, 11) is 4.46. The molecule has 0 spiro atoms. The molecule has 0 bridgehead atoms. The lowest BCUT2D eigenvalue weighted by Crippen LogP contribution is -3.00. The van der Waals surface area contributed by atoms with E-state index >= 15 is 0 Å². The minimum atomic E-state index is 0. The van der Waals surface area contributed by atoms with Crippen molar-refractivity contribution in [1.29, 1.82) is 0 Å². The summed E-state index contributed by atoms with van der Waals surface area (Å²) in [5, 5.41) is 0.746. The monoisotopic (exact) mass is 521 g/mol. The van der Waals surface area contributed by atoms with Crippen molar-refractivity contribution in [2.45, 2.75) is 46.1 Å². The van der Waals surface area contributed by atoms with Crippen LogP contribution in [0.15, 0.2) is 33.4 Å². The van der Waals surface area contributed by atoms with Crippen molar-refractivity contribution in [1.82, 2.24) is 0 Å². The van der Waals surface area contributed by atoms with Crippen molar-refractivity contribution < 1.29 is 30.6 Å². The molecule has 0 saturated heterocycles. The van der Waals surface area contributed by atoms with Gasteiger partial charge in [-0.1, -0.05) is 37.6 Å². The normalized spacial score (nSPS) is 11.6. The SMILES string of the molecule is Cc1ccc(C(C)C)c(OCCCC[N+](C)(C)Cc2ccc(Br)o2)c1Cl.[Br-]. The van der Waals surface area contributed by atoms with Crippen LogP contribution in [0.5, 0.6) is 5.75 Å². The fourth-order valence-electron chi connectivity index (χ4n) is 3.02. The number of furan rings is 1. The lowest BCUT2D eigenvalue weighted by Gasteiger charge is -2.28. The number of nitrogens with zero attached hydrogens (tertiary/aromatic N) is 1. The molecule has 0 N–H and O–H groups in total. The number of aryl methyl sites for hydroxylation is 1. The first-order valence-electron chi connectivity index (χ1n) is 9.17. The third-order valence-electron chi connectivity index (χ3n) is 4.56. The number of unbranched alkanes of at least 4 members (excludes halogenated alkanes) is 1. The van der Waals surface area contributed by atoms with Gasteiger partial charge in [-0.2, -0.15) is 0 Å². The summed E-state index contributed by atoms with van der Waals surface area (Å²) < 4.78 is 13.4. The minimum absolute atomic E-state index is 0. The lowest BCUT2D eigenvalue weighted by molar-refractivity contribution is -0.904. The highest BCUT2D eigenvalue weighted by Crippen LogP contribution is 2.36. The number of hydrogen-bond acceptors (Lipinski definition) is 2. The van der Waals surface area contributed by atoms with Crippen molar-refractivity contribution in [2.24, 2.45) is 0 Å². The largest absolute Gasteiger partial charge is 1.00 e. The summed E-state index contributed by atoms with van der Waals surface area (Å²) in [5.74, 6) is 2.26. The predicted octanol–water partition coefficient (Wildman–Crippen LogP) is 3.57. The van der Waals surface area contributed by atoms with Crippen LogP contribution in [-0.4, -0.2) is 31.7 Å². The van der Waals surface area contributed by atoms with E-state index in [0.29, 0.717) is 12.5 Å². The maximum Gasteiger partial charge on any atom is 0.169 e. The van der Waals surface area contributed by atoms with Gasteiger partial charge in [-0.15, -0.1) is 0 Å². The Hall–Kier alpha value is -0.490. The van der Waals surface area contributed by atoms with Gasteiger partial charge in [0.25, 0.3) is 0 Å². The van der Waals surface area contributed by atoms with E-state index in [1.54, 1.807) is 0 Å². The average molecular weight is 524 g/mol. The number of ether oxygens (including phenoxy) is 1. The Balaban J connectivity index is 0.00000364. The molecule has 152 valence electrons. The Kier molecular flexibility index (Phi) is 9.90. The van der Waals surface area contributed by atoms with Crippen LogP contribution in [-0.2, 0) is 6.54 Å². The van der Waals surface area contributed by atoms with Crippen LogP contribution in [0.1, 0.15) is 49.5 Å². The second-order valence-electron chi connectivity index (χ2n) is 7.85. The first kappa shape index (κ1) is 24.5. The standard InChI is InChI=1S/C21H30BrClNO2.BrH/c1-15(2)18-10-8-16(3)20(23)21(18)25-13-7-6-12-24(4,5)14-17-9-11-19(22)26-17;/h8-11,15H,6-7,12-14H2,1-5H3;1H/q+1;/p-1. The van der Waals surface area contributed by atoms with Gasteiger partial charge in [0.05, 0.1) is 32.3 Å². The van der Waals surface area contributed by atoms with Gasteiger partial charge in [-0.25, -0.2) is 0 Å². The summed E-state index contributed by atoms with van der Waals surface area (Å²) in [4.78, 5) is 0. The van der Waals surface area contributed by atoms with E-state index in [1.807, 2.05) is 19.1 Å². The molecule has 6 heteroatoms. The number of benzene rings is 1. The van der Waals surface area contributed by atoms with Gasteiger partial charge >= 0.3 is 0 Å². The minimum Gasteiger partial charge on any atom is -1.00 e. The summed E-state index contributed by atoms with van der Waals surface area (Å²) in [6.07, 6.45) is 2.10. The van der Waals surface area contributed by atoms with E-state index in [1.165, 1.54) is 5.56 Å². The molecule has 0 amide bonds. The fraction of sp³-hybridized carbons (Fsp3) is 0.524. The van der Waals surface area contributed by atoms with Gasteiger partial charge in [0.2, 0.25) is 0 Å². The summed E-state index contributed by atoms with van der Waals surface area (Å²) in [5.41, 5.74) is 2.24. The molecule has 2 aromatic rings. The van der Waals surface area contributed by atoms with Gasteiger partial charge in [-0.05, 0) is 64.9 Å². The fourth-order valence-corrected chi connectivity index (χ4v) is 3.59. The molecular weight excluding hydrogens is 493 g/mol. The van der Waals surface area contributed by atoms with E-state index in [-0.39, 0.29) is 17.0 Å². The lowest BCUT2D eigenvalue weighted by atomic mass is 10.0. The zero-order valence-corrected chi connectivity index (χ0v) is 20.7. The molecule has 0 aliphatic rings. The van der Waals surface area contributed by atoms with E-state index in [9.17, 15) is 0 Å². The zero-order valence-electron chi connectivity index (χ0n) is 16.8. The first-order valence-corrected chi connectivity index (χ1v) is 10.3. The molecular formula is C21H30Br2ClNO2. The Morgan fingerprint density at radius 1 is 1.15 bits per heavy atom. The highest BCUT2D eigenvalue weighted by atomic mass is 79.9. The van der Waals surface area contributed by atoms with Crippen LogP contribution in [0.3, 0.4) is 0 Å². The number of quaternary nitrogens is 1. The van der Waals surface area contributed by atoms with E-state index in [2.05, 4.69) is 56.0 Å². The maximum absolute atomic E-state index is 6.48. The molecule has 1 aromatic heterocycles. The molecule has 0 atom stereocenters. The van der Waals surface area contributed by atoms with Gasteiger partial charge in [0.1, 0.15) is 12.3 Å². The van der Waals surface area contributed by atoms with E-state index in [0.717, 1.165) is 57.2 Å². The van der Waals surface area contributed by atoms with Crippen molar-refractivity contribution in [2.75, 3.05) is 27.2 Å². The van der Waals surface area contributed by atoms with Crippen LogP contribution < -0.4 is 21.7 Å². The summed E-state index contributed by atoms with van der Waals surface area (Å²) in [6, 6.07) is 8.17. The van der Waals surface area contributed by atoms with Crippen LogP contribution in [0, 0.1) is 6.92 Å². The van der Waals surface area contributed by atoms with Crippen molar-refractivity contribution in [3.05, 3.63) is 50.8 Å². The highest BCUT2D eigenvalue weighted by molar-refractivity contribution is 9.10. The Morgan fingerprint density at radius 3 is 2.44 bits per heavy atom. The topological polar surface area (TPSA) is 22.4 Å². The molecule has 1 aromatic carbocycles. The van der Waals surface area contributed by atoms with Gasteiger partial charge in [0.15, 0.2) is 10.4 Å². The molecule has 3 nitrogen and oxygen atoms in total. The molecule has 0 fully saturated rings. The molecule has 0 unspecified atom stereocenters. The second kappa shape index (κ2) is 10.9. The number of halogens is 3. The van der Waals surface area contributed by atoms with Gasteiger partial charge in [-0.3, -0.25) is 0 Å². The van der Waals surface area contributed by atoms with Crippen molar-refractivity contribution >= 4 is 27.5 Å². The highest BCUT2D eigenvalue weighted by Gasteiger charge is 2.18. The molecule has 2 rings (SSSR count). The molecule has 0 radical (unpaired) electrons. The summed E-state index contributed by atoms with van der Waals surface area (Å²) >= 11 is 9.84. The van der Waals surface area contributed by atoms with E-state index in [4.69, 9.17) is 20.8 Å². The average Bonchev–Trinajstić information content (AvgIpc) is 2.94. The van der Waals surface area contributed by atoms with Crippen molar-refractivity contribution in [3.8, 4) is 5.75 Å². The zero-order chi connectivity index (χ0) is 19.3. The van der Waals surface area contributed by atoms with E-state index < -0.39 is 0 Å². The third kappa shape index (κ3) is 7.45. The molecule has 0 aliphatic heterocycles. The van der Waals surface area contributed by atoms with Crippen molar-refractivity contribution in [3.63, 3.8) is 0 Å². The van der Waals surface area contributed by atoms with Crippen LogP contribution >= 0.6 is 27.5 Å². The smallest absolute Gasteiger partial charge is 0.169 e. The molecule has 27 heavy (non-hydrogen) atoms. The maximum atomic E-state index is 6.48.